The lowest BCUT2D eigenvalue weighted by Gasteiger charge is -2.29. The van der Waals surface area contributed by atoms with E-state index in [0.29, 0.717) is 6.04 Å². The van der Waals surface area contributed by atoms with Crippen LogP contribution in [-0.2, 0) is 4.74 Å². The molecule has 0 unspecified atom stereocenters. The Morgan fingerprint density at radius 3 is 3.00 bits per heavy atom. The van der Waals surface area contributed by atoms with E-state index in [1.807, 2.05) is 6.08 Å². The van der Waals surface area contributed by atoms with Gasteiger partial charge >= 0.3 is 0 Å². The summed E-state index contributed by atoms with van der Waals surface area (Å²) in [5.41, 5.74) is 0. The maximum Gasteiger partial charge on any atom is 0.0658 e. The molecule has 1 fully saturated rings. The van der Waals surface area contributed by atoms with Crippen molar-refractivity contribution >= 4 is 0 Å². The molecule has 1 saturated heterocycles. The molecule has 0 N–H and O–H groups in total. The second-order valence-corrected chi connectivity index (χ2v) is 2.36. The lowest BCUT2D eigenvalue weighted by Crippen LogP contribution is -2.41. The summed E-state index contributed by atoms with van der Waals surface area (Å²) in [6.45, 7) is 6.41. The molecule has 0 radical (unpaired) electrons. The largest absolute Gasteiger partial charge is 0.378 e. The van der Waals surface area contributed by atoms with Gasteiger partial charge in [0.1, 0.15) is 0 Å². The van der Waals surface area contributed by atoms with Crippen molar-refractivity contribution in [1.29, 1.82) is 0 Å². The predicted molar refractivity (Wildman–Crippen MR) is 37.4 cm³/mol. The highest BCUT2D eigenvalue weighted by Crippen LogP contribution is 2.03. The van der Waals surface area contributed by atoms with Gasteiger partial charge in [0.25, 0.3) is 0 Å². The van der Waals surface area contributed by atoms with E-state index in [4.69, 9.17) is 4.74 Å². The quantitative estimate of drug-likeness (QED) is 0.476. The molecular weight excluding hydrogens is 114 g/mol. The van der Waals surface area contributed by atoms with E-state index in [1.165, 1.54) is 0 Å². The third kappa shape index (κ3) is 1.53. The summed E-state index contributed by atoms with van der Waals surface area (Å²) in [5, 5.41) is 0. The summed E-state index contributed by atoms with van der Waals surface area (Å²) in [6, 6.07) is 0.429. The summed E-state index contributed by atoms with van der Waals surface area (Å²) >= 11 is 0. The highest BCUT2D eigenvalue weighted by atomic mass is 16.5. The van der Waals surface area contributed by atoms with Crippen LogP contribution in [0.3, 0.4) is 0 Å². The van der Waals surface area contributed by atoms with E-state index in [1.54, 1.807) is 0 Å². The third-order valence-electron chi connectivity index (χ3n) is 1.72. The van der Waals surface area contributed by atoms with Gasteiger partial charge in [-0.2, -0.15) is 0 Å². The number of morpholine rings is 1. The Morgan fingerprint density at radius 1 is 1.78 bits per heavy atom. The second kappa shape index (κ2) is 2.99. The van der Waals surface area contributed by atoms with Crippen molar-refractivity contribution in [3.05, 3.63) is 12.7 Å². The van der Waals surface area contributed by atoms with Crippen LogP contribution >= 0.6 is 0 Å². The van der Waals surface area contributed by atoms with Crippen molar-refractivity contribution in [3.63, 3.8) is 0 Å². The van der Waals surface area contributed by atoms with Crippen LogP contribution in [0, 0.1) is 0 Å². The molecule has 0 aromatic rings. The van der Waals surface area contributed by atoms with Crippen molar-refractivity contribution in [2.45, 2.75) is 6.04 Å². The molecule has 0 aliphatic carbocycles. The number of likely N-dealkylation sites (N-methyl/N-ethyl adjacent to an activating group) is 1. The lowest BCUT2D eigenvalue weighted by molar-refractivity contribution is 0.0235. The van der Waals surface area contributed by atoms with Crippen molar-refractivity contribution in [2.75, 3.05) is 26.8 Å². The van der Waals surface area contributed by atoms with Crippen LogP contribution in [0.25, 0.3) is 0 Å². The summed E-state index contributed by atoms with van der Waals surface area (Å²) in [4.78, 5) is 2.25. The maximum atomic E-state index is 5.23. The molecule has 0 saturated carbocycles. The number of hydrogen-bond acceptors (Lipinski definition) is 2. The van der Waals surface area contributed by atoms with Gasteiger partial charge in [-0.25, -0.2) is 0 Å². The first kappa shape index (κ1) is 6.78. The molecule has 0 spiro atoms. The van der Waals surface area contributed by atoms with Gasteiger partial charge in [0.2, 0.25) is 0 Å². The topological polar surface area (TPSA) is 12.5 Å². The fourth-order valence-electron chi connectivity index (χ4n) is 0.954. The van der Waals surface area contributed by atoms with E-state index >= 15 is 0 Å². The minimum absolute atomic E-state index is 0.429. The van der Waals surface area contributed by atoms with Gasteiger partial charge in [-0.15, -0.1) is 6.58 Å². The molecular formula is C7H13NO. The van der Waals surface area contributed by atoms with Gasteiger partial charge in [-0.3, -0.25) is 4.90 Å². The molecule has 1 heterocycles. The van der Waals surface area contributed by atoms with Crippen LogP contribution < -0.4 is 0 Å². The molecule has 1 rings (SSSR count). The first-order chi connectivity index (χ1) is 4.34. The molecule has 1 aliphatic heterocycles. The average molecular weight is 127 g/mol. The molecule has 1 aliphatic rings. The van der Waals surface area contributed by atoms with Gasteiger partial charge in [0.05, 0.1) is 19.3 Å². The molecule has 0 bridgehead atoms. The zero-order valence-corrected chi connectivity index (χ0v) is 5.84. The Morgan fingerprint density at radius 2 is 2.56 bits per heavy atom. The molecule has 0 amide bonds. The monoisotopic (exact) mass is 127 g/mol. The fraction of sp³-hybridized carbons (Fsp3) is 0.714. The van der Waals surface area contributed by atoms with Crippen molar-refractivity contribution < 1.29 is 4.74 Å². The van der Waals surface area contributed by atoms with E-state index in [2.05, 4.69) is 18.5 Å². The maximum absolute atomic E-state index is 5.23. The van der Waals surface area contributed by atoms with Gasteiger partial charge in [-0.1, -0.05) is 6.08 Å². The molecule has 2 nitrogen and oxygen atoms in total. The zero-order chi connectivity index (χ0) is 6.69. The molecule has 52 valence electrons. The minimum Gasteiger partial charge on any atom is -0.378 e. The summed E-state index contributed by atoms with van der Waals surface area (Å²) in [6.07, 6.45) is 1.93. The van der Waals surface area contributed by atoms with Gasteiger partial charge in [0, 0.05) is 6.54 Å². The van der Waals surface area contributed by atoms with Gasteiger partial charge in [-0.05, 0) is 7.05 Å². The van der Waals surface area contributed by atoms with E-state index < -0.39 is 0 Å². The molecule has 9 heavy (non-hydrogen) atoms. The summed E-state index contributed by atoms with van der Waals surface area (Å²) in [7, 11) is 2.09. The van der Waals surface area contributed by atoms with Crippen LogP contribution in [0.15, 0.2) is 12.7 Å². The number of rotatable bonds is 1. The second-order valence-electron chi connectivity index (χ2n) is 2.36. The van der Waals surface area contributed by atoms with Gasteiger partial charge in [0.15, 0.2) is 0 Å². The first-order valence-corrected chi connectivity index (χ1v) is 3.25. The SMILES string of the molecule is C=C[C@@H]1COCCN1C. The highest BCUT2D eigenvalue weighted by molar-refractivity contribution is 4.87. The highest BCUT2D eigenvalue weighted by Gasteiger charge is 2.14. The van der Waals surface area contributed by atoms with Crippen LogP contribution in [0.4, 0.5) is 0 Å². The normalized spacial score (nSPS) is 30.1. The van der Waals surface area contributed by atoms with Crippen molar-refractivity contribution in [2.24, 2.45) is 0 Å². The Kier molecular flexibility index (Phi) is 2.25. The Balaban J connectivity index is 2.38. The Labute approximate surface area is 56.1 Å². The number of hydrogen-bond donors (Lipinski definition) is 0. The average Bonchev–Trinajstić information content (AvgIpc) is 1.89. The molecule has 2 heteroatoms. The standard InChI is InChI=1S/C7H13NO/c1-3-7-6-9-5-4-8(7)2/h3,7H,1,4-6H2,2H3/t7-/m1/s1. The molecule has 0 aromatic carbocycles. The predicted octanol–water partition coefficient (Wildman–Crippen LogP) is 0.503. The Hall–Kier alpha value is -0.340. The van der Waals surface area contributed by atoms with Crippen LogP contribution in [0.2, 0.25) is 0 Å². The van der Waals surface area contributed by atoms with E-state index in [9.17, 15) is 0 Å². The van der Waals surface area contributed by atoms with E-state index in [-0.39, 0.29) is 0 Å². The minimum atomic E-state index is 0.429. The smallest absolute Gasteiger partial charge is 0.0658 e. The lowest BCUT2D eigenvalue weighted by atomic mass is 10.2. The van der Waals surface area contributed by atoms with Crippen LogP contribution in [0.5, 0.6) is 0 Å². The number of ether oxygens (including phenoxy) is 1. The Bertz CT molecular complexity index is 103. The van der Waals surface area contributed by atoms with E-state index in [0.717, 1.165) is 19.8 Å². The molecule has 0 aromatic heterocycles. The van der Waals surface area contributed by atoms with Gasteiger partial charge < -0.3 is 4.74 Å². The molecule has 1 atom stereocenters. The fourth-order valence-corrected chi connectivity index (χ4v) is 0.954. The number of nitrogens with zero attached hydrogens (tertiary/aromatic N) is 1. The summed E-state index contributed by atoms with van der Waals surface area (Å²) < 4.78 is 5.23. The van der Waals surface area contributed by atoms with Crippen molar-refractivity contribution in [3.8, 4) is 0 Å². The zero-order valence-electron chi connectivity index (χ0n) is 5.84. The third-order valence-corrected chi connectivity index (χ3v) is 1.72. The van der Waals surface area contributed by atoms with Crippen LogP contribution in [-0.4, -0.2) is 37.7 Å². The first-order valence-electron chi connectivity index (χ1n) is 3.25. The summed E-state index contributed by atoms with van der Waals surface area (Å²) in [5.74, 6) is 0. The van der Waals surface area contributed by atoms with Crippen molar-refractivity contribution in [1.82, 2.24) is 4.90 Å². The van der Waals surface area contributed by atoms with Crippen LogP contribution in [0.1, 0.15) is 0 Å².